The van der Waals surface area contributed by atoms with Crippen LogP contribution in [0.25, 0.3) is 0 Å². The Kier molecular flexibility index (Phi) is 2.41. The predicted octanol–water partition coefficient (Wildman–Crippen LogP) is 2.55. The summed E-state index contributed by atoms with van der Waals surface area (Å²) in [5.41, 5.74) is 3.14. The van der Waals surface area contributed by atoms with E-state index in [0.29, 0.717) is 6.54 Å². The number of fused-ring (bicyclic) bond motifs is 1. The molecule has 0 radical (unpaired) electrons. The Labute approximate surface area is 96.5 Å². The lowest BCUT2D eigenvalue weighted by molar-refractivity contribution is -0.115. The summed E-state index contributed by atoms with van der Waals surface area (Å²) in [5.74, 6) is 0.0664. The summed E-state index contributed by atoms with van der Waals surface area (Å²) in [7, 11) is 0. The van der Waals surface area contributed by atoms with E-state index < -0.39 is 0 Å². The Morgan fingerprint density at radius 3 is 2.62 bits per heavy atom. The van der Waals surface area contributed by atoms with Crippen LogP contribution in [-0.4, -0.2) is 18.0 Å². The molecule has 3 nitrogen and oxygen atoms in total. The molecule has 1 aromatic rings. The van der Waals surface area contributed by atoms with E-state index in [9.17, 15) is 4.79 Å². The number of benzene rings is 1. The Balaban J connectivity index is 2.55. The highest BCUT2D eigenvalue weighted by Crippen LogP contribution is 2.35. The van der Waals surface area contributed by atoms with Gasteiger partial charge >= 0.3 is 0 Å². The van der Waals surface area contributed by atoms with Gasteiger partial charge in [0.25, 0.3) is 0 Å². The Morgan fingerprint density at radius 2 is 2.00 bits per heavy atom. The van der Waals surface area contributed by atoms with Crippen molar-refractivity contribution in [2.45, 2.75) is 33.2 Å². The van der Waals surface area contributed by atoms with Crippen molar-refractivity contribution in [3.8, 4) is 0 Å². The van der Waals surface area contributed by atoms with Crippen molar-refractivity contribution in [2.75, 3.05) is 16.8 Å². The van der Waals surface area contributed by atoms with E-state index >= 15 is 0 Å². The van der Waals surface area contributed by atoms with Gasteiger partial charge in [-0.1, -0.05) is 12.1 Å². The molecule has 1 amide bonds. The molecule has 1 aliphatic rings. The molecule has 1 aliphatic heterocycles. The molecule has 0 saturated heterocycles. The third-order valence-corrected chi connectivity index (χ3v) is 2.92. The second-order valence-electron chi connectivity index (χ2n) is 5.27. The van der Waals surface area contributed by atoms with Crippen molar-refractivity contribution in [3.63, 3.8) is 0 Å². The van der Waals surface area contributed by atoms with E-state index in [0.717, 1.165) is 16.9 Å². The minimum Gasteiger partial charge on any atom is -0.356 e. The molecular formula is C13H18N2O. The number of nitrogens with zero attached hydrogens (tertiary/aromatic N) is 1. The van der Waals surface area contributed by atoms with Crippen LogP contribution in [0.3, 0.4) is 0 Å². The normalized spacial score (nSPS) is 15.8. The van der Waals surface area contributed by atoms with Crippen molar-refractivity contribution in [1.29, 1.82) is 0 Å². The molecule has 2 rings (SSSR count). The standard InChI is InChI=1S/C13H18N2O/c1-9-6-5-7-10-12(9)14-11(16)8-15(10)13(2,3)4/h5-7H,8H2,1-4H3,(H,14,16). The summed E-state index contributed by atoms with van der Waals surface area (Å²) in [6.45, 7) is 8.82. The maximum absolute atomic E-state index is 11.7. The van der Waals surface area contributed by atoms with Gasteiger partial charge in [-0.25, -0.2) is 0 Å². The van der Waals surface area contributed by atoms with Crippen molar-refractivity contribution >= 4 is 17.3 Å². The van der Waals surface area contributed by atoms with E-state index in [2.05, 4.69) is 37.1 Å². The predicted molar refractivity (Wildman–Crippen MR) is 66.9 cm³/mol. The highest BCUT2D eigenvalue weighted by atomic mass is 16.2. The Bertz CT molecular complexity index is 432. The minimum atomic E-state index is -0.0414. The summed E-state index contributed by atoms with van der Waals surface area (Å²) in [4.78, 5) is 13.8. The van der Waals surface area contributed by atoms with E-state index in [-0.39, 0.29) is 11.4 Å². The van der Waals surface area contributed by atoms with Gasteiger partial charge in [0, 0.05) is 5.54 Å². The van der Waals surface area contributed by atoms with E-state index in [4.69, 9.17) is 0 Å². The largest absolute Gasteiger partial charge is 0.356 e. The number of hydrogen-bond acceptors (Lipinski definition) is 2. The van der Waals surface area contributed by atoms with Gasteiger partial charge in [0.1, 0.15) is 0 Å². The molecule has 86 valence electrons. The lowest BCUT2D eigenvalue weighted by Crippen LogP contribution is -2.49. The van der Waals surface area contributed by atoms with Gasteiger partial charge in [0.05, 0.1) is 17.9 Å². The SMILES string of the molecule is Cc1cccc2c1NC(=O)CN2C(C)(C)C. The number of carbonyl (C=O) groups is 1. The average Bonchev–Trinajstić information content (AvgIpc) is 2.17. The van der Waals surface area contributed by atoms with Crippen LogP contribution in [-0.2, 0) is 4.79 Å². The zero-order valence-corrected chi connectivity index (χ0v) is 10.3. The van der Waals surface area contributed by atoms with Crippen LogP contribution < -0.4 is 10.2 Å². The van der Waals surface area contributed by atoms with Gasteiger partial charge < -0.3 is 10.2 Å². The highest BCUT2D eigenvalue weighted by molar-refractivity contribution is 6.02. The number of para-hydroxylation sites is 1. The first kappa shape index (κ1) is 11.0. The molecule has 0 aliphatic carbocycles. The fourth-order valence-electron chi connectivity index (χ4n) is 2.05. The van der Waals surface area contributed by atoms with Crippen LogP contribution in [0, 0.1) is 6.92 Å². The van der Waals surface area contributed by atoms with Gasteiger partial charge in [-0.3, -0.25) is 4.79 Å². The number of amides is 1. The fourth-order valence-corrected chi connectivity index (χ4v) is 2.05. The summed E-state index contributed by atoms with van der Waals surface area (Å²) in [6, 6.07) is 6.11. The summed E-state index contributed by atoms with van der Waals surface area (Å²) < 4.78 is 0. The Morgan fingerprint density at radius 1 is 1.31 bits per heavy atom. The van der Waals surface area contributed by atoms with Gasteiger partial charge in [-0.2, -0.15) is 0 Å². The third-order valence-electron chi connectivity index (χ3n) is 2.92. The molecule has 0 bridgehead atoms. The van der Waals surface area contributed by atoms with Crippen molar-refractivity contribution in [3.05, 3.63) is 23.8 Å². The fraction of sp³-hybridized carbons (Fsp3) is 0.462. The van der Waals surface area contributed by atoms with Crippen LogP contribution in [0.2, 0.25) is 0 Å². The van der Waals surface area contributed by atoms with Crippen molar-refractivity contribution < 1.29 is 4.79 Å². The van der Waals surface area contributed by atoms with Gasteiger partial charge in [-0.15, -0.1) is 0 Å². The van der Waals surface area contributed by atoms with Crippen molar-refractivity contribution in [1.82, 2.24) is 0 Å². The maximum atomic E-state index is 11.7. The number of anilines is 2. The number of carbonyl (C=O) groups excluding carboxylic acids is 1. The Hall–Kier alpha value is -1.51. The lowest BCUT2D eigenvalue weighted by Gasteiger charge is -2.41. The second kappa shape index (κ2) is 3.51. The van der Waals surface area contributed by atoms with Crippen LogP contribution in [0.15, 0.2) is 18.2 Å². The molecule has 0 saturated carbocycles. The van der Waals surface area contributed by atoms with E-state index in [1.54, 1.807) is 0 Å². The smallest absolute Gasteiger partial charge is 0.243 e. The molecule has 0 spiro atoms. The van der Waals surface area contributed by atoms with Crippen LogP contribution in [0.4, 0.5) is 11.4 Å². The number of nitrogens with one attached hydrogen (secondary N) is 1. The van der Waals surface area contributed by atoms with Gasteiger partial charge in [0.15, 0.2) is 0 Å². The quantitative estimate of drug-likeness (QED) is 0.725. The average molecular weight is 218 g/mol. The van der Waals surface area contributed by atoms with Crippen LogP contribution in [0.5, 0.6) is 0 Å². The monoisotopic (exact) mass is 218 g/mol. The number of rotatable bonds is 0. The highest BCUT2D eigenvalue weighted by Gasteiger charge is 2.30. The molecule has 16 heavy (non-hydrogen) atoms. The topological polar surface area (TPSA) is 32.3 Å². The number of hydrogen-bond donors (Lipinski definition) is 1. The molecule has 0 fully saturated rings. The molecular weight excluding hydrogens is 200 g/mol. The summed E-state index contributed by atoms with van der Waals surface area (Å²) in [5, 5.41) is 2.95. The third kappa shape index (κ3) is 1.77. The second-order valence-corrected chi connectivity index (χ2v) is 5.27. The van der Waals surface area contributed by atoms with Gasteiger partial charge in [0.2, 0.25) is 5.91 Å². The zero-order valence-electron chi connectivity index (χ0n) is 10.3. The van der Waals surface area contributed by atoms with Crippen LogP contribution >= 0.6 is 0 Å². The first-order valence-electron chi connectivity index (χ1n) is 5.57. The molecule has 1 N–H and O–H groups in total. The molecule has 0 unspecified atom stereocenters. The van der Waals surface area contributed by atoms with E-state index in [1.165, 1.54) is 0 Å². The lowest BCUT2D eigenvalue weighted by atomic mass is 10.0. The molecule has 3 heteroatoms. The summed E-state index contributed by atoms with van der Waals surface area (Å²) in [6.07, 6.45) is 0. The molecule has 1 aromatic carbocycles. The molecule has 0 aromatic heterocycles. The first-order valence-corrected chi connectivity index (χ1v) is 5.57. The number of aryl methyl sites for hydroxylation is 1. The van der Waals surface area contributed by atoms with E-state index in [1.807, 2.05) is 19.1 Å². The van der Waals surface area contributed by atoms with Crippen molar-refractivity contribution in [2.24, 2.45) is 0 Å². The van der Waals surface area contributed by atoms with Crippen LogP contribution in [0.1, 0.15) is 26.3 Å². The summed E-state index contributed by atoms with van der Waals surface area (Å²) >= 11 is 0. The zero-order chi connectivity index (χ0) is 11.9. The minimum absolute atomic E-state index is 0.0414. The maximum Gasteiger partial charge on any atom is 0.243 e. The molecule has 0 atom stereocenters. The first-order chi connectivity index (χ1) is 7.39. The van der Waals surface area contributed by atoms with Gasteiger partial charge in [-0.05, 0) is 39.3 Å². The molecule has 1 heterocycles.